The highest BCUT2D eigenvalue weighted by Crippen LogP contribution is 2.21. The van der Waals surface area contributed by atoms with Crippen molar-refractivity contribution in [2.45, 2.75) is 134 Å². The molecule has 0 aliphatic carbocycles. The number of carbonyl (C=O) groups excluding carboxylic acids is 4. The third-order valence-electron chi connectivity index (χ3n) is 8.87. The first-order valence-electron chi connectivity index (χ1n) is 19.9. The van der Waals surface area contributed by atoms with Crippen molar-refractivity contribution in [2.75, 3.05) is 0 Å². The second-order valence-corrected chi connectivity index (χ2v) is 15.7. The second kappa shape index (κ2) is 25.6. The molecular formula is C50H68O4. The average molecular weight is 733 g/mol. The summed E-state index contributed by atoms with van der Waals surface area (Å²) in [6.45, 7) is 22.1. The van der Waals surface area contributed by atoms with Gasteiger partial charge in [0.15, 0.2) is 23.1 Å². The van der Waals surface area contributed by atoms with E-state index >= 15 is 0 Å². The van der Waals surface area contributed by atoms with Crippen molar-refractivity contribution in [3.05, 3.63) is 142 Å². The molecule has 0 N–H and O–H groups in total. The predicted molar refractivity (Wildman–Crippen MR) is 229 cm³/mol. The van der Waals surface area contributed by atoms with E-state index < -0.39 is 0 Å². The molecule has 4 rings (SSSR count). The van der Waals surface area contributed by atoms with Gasteiger partial charge in [-0.15, -0.1) is 0 Å². The zero-order valence-electron chi connectivity index (χ0n) is 35.3. The van der Waals surface area contributed by atoms with E-state index in [9.17, 15) is 19.2 Å². The maximum atomic E-state index is 11.8. The average Bonchev–Trinajstić information content (AvgIpc) is 3.14. The topological polar surface area (TPSA) is 68.3 Å². The maximum Gasteiger partial charge on any atom is 0.168 e. The number of carbonyl (C=O) groups is 4. The highest BCUT2D eigenvalue weighted by molar-refractivity contribution is 6.00. The zero-order valence-corrected chi connectivity index (χ0v) is 35.3. The quantitative estimate of drug-likeness (QED) is 0.0956. The number of hydrogen-bond donors (Lipinski definition) is 0. The first-order chi connectivity index (χ1) is 25.5. The van der Waals surface area contributed by atoms with Crippen LogP contribution in [-0.4, -0.2) is 23.1 Å². The van der Waals surface area contributed by atoms with Gasteiger partial charge in [-0.05, 0) is 40.5 Å². The molecule has 0 unspecified atom stereocenters. The predicted octanol–water partition coefficient (Wildman–Crippen LogP) is 14.0. The molecule has 292 valence electrons. The van der Waals surface area contributed by atoms with Crippen molar-refractivity contribution in [2.24, 2.45) is 11.3 Å². The summed E-state index contributed by atoms with van der Waals surface area (Å²) in [7, 11) is 0. The third kappa shape index (κ3) is 19.6. The molecule has 0 saturated carbocycles. The Morgan fingerprint density at radius 1 is 0.444 bits per heavy atom. The SMILES string of the molecule is CCCCCC(=O)c1ccc(C)cc1.CCCCCCC(=O)c1ccc(C)cc1.Cc1ccc(C(=O)C(C)(C)C)cc1.Cc1ccc(C(=O)C(C)C)cc1. The smallest absolute Gasteiger partial charge is 0.168 e. The van der Waals surface area contributed by atoms with Crippen molar-refractivity contribution in [1.82, 2.24) is 0 Å². The zero-order chi connectivity index (χ0) is 40.7. The van der Waals surface area contributed by atoms with Crippen LogP contribution in [0.3, 0.4) is 0 Å². The van der Waals surface area contributed by atoms with Crippen LogP contribution in [0, 0.1) is 39.0 Å². The van der Waals surface area contributed by atoms with E-state index in [0.717, 1.165) is 41.5 Å². The van der Waals surface area contributed by atoms with Crippen LogP contribution >= 0.6 is 0 Å². The fourth-order valence-electron chi connectivity index (χ4n) is 5.20. The minimum absolute atomic E-state index is 0.0905. The highest BCUT2D eigenvalue weighted by atomic mass is 16.1. The maximum absolute atomic E-state index is 11.8. The Hall–Kier alpha value is -4.44. The normalized spacial score (nSPS) is 10.5. The van der Waals surface area contributed by atoms with E-state index in [1.807, 2.05) is 159 Å². The van der Waals surface area contributed by atoms with E-state index in [-0.39, 0.29) is 34.5 Å². The molecule has 0 aromatic heterocycles. The first-order valence-corrected chi connectivity index (χ1v) is 19.9. The molecule has 0 aliphatic rings. The van der Waals surface area contributed by atoms with Crippen LogP contribution in [0.15, 0.2) is 97.1 Å². The van der Waals surface area contributed by atoms with E-state index in [4.69, 9.17) is 0 Å². The molecular weight excluding hydrogens is 665 g/mol. The summed E-state index contributed by atoms with van der Waals surface area (Å²) in [5.41, 5.74) is 7.83. The summed E-state index contributed by atoms with van der Waals surface area (Å²) in [6, 6.07) is 31.1. The fraction of sp³-hybridized carbons (Fsp3) is 0.440. The molecule has 54 heavy (non-hydrogen) atoms. The molecule has 0 fully saturated rings. The van der Waals surface area contributed by atoms with Gasteiger partial charge in [0.05, 0.1) is 0 Å². The number of rotatable bonds is 14. The lowest BCUT2D eigenvalue weighted by atomic mass is 9.86. The number of Topliss-reactive ketones (excluding diaryl/α,β-unsaturated/α-hetero) is 4. The molecule has 4 aromatic rings. The van der Waals surface area contributed by atoms with Gasteiger partial charge < -0.3 is 0 Å². The van der Waals surface area contributed by atoms with Crippen molar-refractivity contribution in [3.63, 3.8) is 0 Å². The standard InChI is InChI=1S/C14H20O.C13H18O.C12H16O.C11H14O/c1-3-4-5-6-7-14(15)13-10-8-12(2)9-11-13;1-3-4-5-6-13(14)12-9-7-11(2)8-10-12;1-9-5-7-10(8-6-9)11(13)12(2,3)4;1-8(2)11(12)10-6-4-9(3)5-7-10/h8-11H,3-7H2,1-2H3;7-10H,3-6H2,1-2H3;5-8H,1-4H3;4-8H,1-3H3. The van der Waals surface area contributed by atoms with Crippen LogP contribution in [0.25, 0.3) is 0 Å². The van der Waals surface area contributed by atoms with Crippen LogP contribution in [0.2, 0.25) is 0 Å². The summed E-state index contributed by atoms with van der Waals surface area (Å²) in [6.07, 6.45) is 9.39. The van der Waals surface area contributed by atoms with Crippen LogP contribution in [-0.2, 0) is 0 Å². The van der Waals surface area contributed by atoms with E-state index in [0.29, 0.717) is 12.8 Å². The molecule has 0 spiro atoms. The number of unbranched alkanes of at least 4 members (excludes halogenated alkanes) is 5. The van der Waals surface area contributed by atoms with Crippen LogP contribution in [0.4, 0.5) is 0 Å². The highest BCUT2D eigenvalue weighted by Gasteiger charge is 2.22. The largest absolute Gasteiger partial charge is 0.294 e. The van der Waals surface area contributed by atoms with Gasteiger partial charge >= 0.3 is 0 Å². The van der Waals surface area contributed by atoms with Crippen molar-refractivity contribution < 1.29 is 19.2 Å². The number of aryl methyl sites for hydroxylation is 4. The molecule has 0 radical (unpaired) electrons. The van der Waals surface area contributed by atoms with Crippen LogP contribution in [0.5, 0.6) is 0 Å². The molecule has 0 bridgehead atoms. The second-order valence-electron chi connectivity index (χ2n) is 15.7. The minimum atomic E-state index is -0.282. The van der Waals surface area contributed by atoms with Gasteiger partial charge in [-0.2, -0.15) is 0 Å². The lowest BCUT2D eigenvalue weighted by molar-refractivity contribution is 0.0857. The molecule has 4 heteroatoms. The first kappa shape index (κ1) is 47.6. The van der Waals surface area contributed by atoms with Gasteiger partial charge in [0.2, 0.25) is 0 Å². The molecule has 4 nitrogen and oxygen atoms in total. The fourth-order valence-corrected chi connectivity index (χ4v) is 5.20. The summed E-state index contributed by atoms with van der Waals surface area (Å²) in [5.74, 6) is 1.07. The van der Waals surface area contributed by atoms with Crippen LogP contribution in [0.1, 0.15) is 170 Å². The van der Waals surface area contributed by atoms with Crippen LogP contribution < -0.4 is 0 Å². The van der Waals surface area contributed by atoms with Crippen molar-refractivity contribution >= 4 is 23.1 Å². The monoisotopic (exact) mass is 733 g/mol. The molecule has 0 heterocycles. The minimum Gasteiger partial charge on any atom is -0.294 e. The third-order valence-corrected chi connectivity index (χ3v) is 8.87. The Balaban J connectivity index is 0.000000361. The van der Waals surface area contributed by atoms with E-state index in [2.05, 4.69) is 13.8 Å². The lowest BCUT2D eigenvalue weighted by Gasteiger charge is -2.16. The number of ketones is 4. The summed E-state index contributed by atoms with van der Waals surface area (Å²) in [5, 5.41) is 0. The van der Waals surface area contributed by atoms with Crippen molar-refractivity contribution in [3.8, 4) is 0 Å². The molecule has 0 saturated heterocycles. The Kier molecular flexibility index (Phi) is 22.5. The van der Waals surface area contributed by atoms with Gasteiger partial charge in [-0.25, -0.2) is 0 Å². The van der Waals surface area contributed by atoms with Gasteiger partial charge in [-0.3, -0.25) is 19.2 Å². The lowest BCUT2D eigenvalue weighted by Crippen LogP contribution is -2.19. The Morgan fingerprint density at radius 3 is 1.06 bits per heavy atom. The van der Waals surface area contributed by atoms with Gasteiger partial charge in [0.1, 0.15) is 0 Å². The van der Waals surface area contributed by atoms with Gasteiger partial charge in [0, 0.05) is 46.4 Å². The summed E-state index contributed by atoms with van der Waals surface area (Å²) in [4.78, 5) is 46.6. The van der Waals surface area contributed by atoms with Gasteiger partial charge in [-0.1, -0.05) is 200 Å². The Bertz CT molecular complexity index is 1670. The number of hydrogen-bond acceptors (Lipinski definition) is 4. The summed E-state index contributed by atoms with van der Waals surface area (Å²) >= 11 is 0. The molecule has 4 aromatic carbocycles. The number of benzene rings is 4. The Labute approximate surface area is 328 Å². The van der Waals surface area contributed by atoms with E-state index in [1.165, 1.54) is 47.9 Å². The van der Waals surface area contributed by atoms with Gasteiger partial charge in [0.25, 0.3) is 0 Å². The Morgan fingerprint density at radius 2 is 0.741 bits per heavy atom. The van der Waals surface area contributed by atoms with E-state index in [1.54, 1.807) is 0 Å². The molecule has 0 amide bonds. The summed E-state index contributed by atoms with van der Waals surface area (Å²) < 4.78 is 0. The van der Waals surface area contributed by atoms with Crippen molar-refractivity contribution in [1.29, 1.82) is 0 Å². The molecule has 0 aliphatic heterocycles. The molecule has 0 atom stereocenters.